The largest absolute Gasteiger partial charge is 0.491 e. The normalized spacial score (nSPS) is 17.0. The molecule has 8 heteroatoms. The Morgan fingerprint density at radius 2 is 1.85 bits per heavy atom. The predicted octanol–water partition coefficient (Wildman–Crippen LogP) is 5.99. The maximum Gasteiger partial charge on any atom is 0.205 e. The van der Waals surface area contributed by atoms with Crippen LogP contribution in [-0.4, -0.2) is 56.8 Å². The van der Waals surface area contributed by atoms with Crippen molar-refractivity contribution in [2.45, 2.75) is 45.7 Å². The van der Waals surface area contributed by atoms with Gasteiger partial charge in [0.2, 0.25) is 5.75 Å². The molecule has 34 heavy (non-hydrogen) atoms. The van der Waals surface area contributed by atoms with Gasteiger partial charge >= 0.3 is 0 Å². The molecule has 1 aliphatic rings. The summed E-state index contributed by atoms with van der Waals surface area (Å²) in [4.78, 5) is 14.5. The lowest BCUT2D eigenvalue weighted by atomic mass is 9.98. The SMILES string of the molecule is COc1c(Cl)c(C)c(C(C)=O)c(OCCN2CCC(F)C2)c1OCCC(C)c1ccc(F)cc1. The van der Waals surface area contributed by atoms with Gasteiger partial charge in [0, 0.05) is 19.6 Å². The molecule has 0 spiro atoms. The first-order valence-corrected chi connectivity index (χ1v) is 11.9. The molecule has 1 saturated heterocycles. The van der Waals surface area contributed by atoms with Crippen LogP contribution in [0.5, 0.6) is 17.2 Å². The molecule has 0 amide bonds. The summed E-state index contributed by atoms with van der Waals surface area (Å²) in [6.45, 7) is 7.38. The van der Waals surface area contributed by atoms with E-state index in [1.165, 1.54) is 26.2 Å². The van der Waals surface area contributed by atoms with E-state index in [0.717, 1.165) is 5.56 Å². The van der Waals surface area contributed by atoms with Crippen molar-refractivity contribution in [2.75, 3.05) is 40.0 Å². The van der Waals surface area contributed by atoms with E-state index in [0.29, 0.717) is 61.0 Å². The zero-order valence-electron chi connectivity index (χ0n) is 20.1. The number of hydrogen-bond acceptors (Lipinski definition) is 5. The molecular weight excluding hydrogens is 464 g/mol. The second-order valence-electron chi connectivity index (χ2n) is 8.69. The summed E-state index contributed by atoms with van der Waals surface area (Å²) in [6, 6.07) is 6.39. The Balaban J connectivity index is 1.80. The van der Waals surface area contributed by atoms with E-state index in [9.17, 15) is 13.6 Å². The van der Waals surface area contributed by atoms with Gasteiger partial charge in [-0.2, -0.15) is 0 Å². The van der Waals surface area contributed by atoms with E-state index in [1.807, 2.05) is 11.8 Å². The fourth-order valence-electron chi connectivity index (χ4n) is 4.20. The van der Waals surface area contributed by atoms with Crippen molar-refractivity contribution in [3.05, 3.63) is 51.8 Å². The number of benzene rings is 2. The minimum Gasteiger partial charge on any atom is -0.491 e. The van der Waals surface area contributed by atoms with E-state index in [-0.39, 0.29) is 35.6 Å². The van der Waals surface area contributed by atoms with Crippen molar-refractivity contribution in [3.63, 3.8) is 0 Å². The molecule has 0 radical (unpaired) electrons. The first kappa shape index (κ1) is 26.2. The van der Waals surface area contributed by atoms with E-state index in [1.54, 1.807) is 19.1 Å². The lowest BCUT2D eigenvalue weighted by molar-refractivity contribution is 0.101. The van der Waals surface area contributed by atoms with Crippen molar-refractivity contribution in [1.82, 2.24) is 4.90 Å². The van der Waals surface area contributed by atoms with Crippen LogP contribution in [0.25, 0.3) is 0 Å². The molecule has 5 nitrogen and oxygen atoms in total. The lowest BCUT2D eigenvalue weighted by Gasteiger charge is -2.23. The molecular formula is C26H32ClF2NO4. The number of nitrogens with zero attached hydrogens (tertiary/aromatic N) is 1. The maximum absolute atomic E-state index is 13.5. The van der Waals surface area contributed by atoms with Gasteiger partial charge in [0.25, 0.3) is 0 Å². The average molecular weight is 496 g/mol. The molecule has 0 bridgehead atoms. The first-order valence-electron chi connectivity index (χ1n) is 11.5. The Bertz CT molecular complexity index is 1000. The van der Waals surface area contributed by atoms with Gasteiger partial charge in [-0.15, -0.1) is 0 Å². The van der Waals surface area contributed by atoms with Crippen LogP contribution in [0.3, 0.4) is 0 Å². The van der Waals surface area contributed by atoms with Gasteiger partial charge in [0.1, 0.15) is 18.6 Å². The maximum atomic E-state index is 13.5. The van der Waals surface area contributed by atoms with Gasteiger partial charge in [-0.3, -0.25) is 9.69 Å². The van der Waals surface area contributed by atoms with Crippen molar-refractivity contribution < 1.29 is 27.8 Å². The molecule has 0 saturated carbocycles. The summed E-state index contributed by atoms with van der Waals surface area (Å²) in [5, 5.41) is 0.293. The third-order valence-corrected chi connectivity index (χ3v) is 6.66. The average Bonchev–Trinajstić information content (AvgIpc) is 3.21. The molecule has 2 atom stereocenters. The fourth-order valence-corrected chi connectivity index (χ4v) is 4.46. The minimum atomic E-state index is -0.812. The highest BCUT2D eigenvalue weighted by Crippen LogP contribution is 2.48. The third-order valence-electron chi connectivity index (χ3n) is 6.20. The number of likely N-dealkylation sites (tertiary alicyclic amines) is 1. The quantitative estimate of drug-likeness (QED) is 0.358. The van der Waals surface area contributed by atoms with Crippen LogP contribution >= 0.6 is 11.6 Å². The van der Waals surface area contributed by atoms with Gasteiger partial charge < -0.3 is 14.2 Å². The fraction of sp³-hybridized carbons (Fsp3) is 0.500. The number of carbonyl (C=O) groups excluding carboxylic acids is 1. The molecule has 186 valence electrons. The minimum absolute atomic E-state index is 0.118. The molecule has 0 aliphatic carbocycles. The standard InChI is InChI=1S/C26H32ClF2NO4/c1-16(19-5-7-20(28)8-6-19)10-13-33-26-24(34-14-12-30-11-9-21(29)15-30)22(18(3)31)17(2)23(27)25(26)32-4/h5-8,16,21H,9-15H2,1-4H3. The Morgan fingerprint density at radius 3 is 2.44 bits per heavy atom. The number of Topliss-reactive ketones (excluding diaryl/α,β-unsaturated/α-hetero) is 1. The molecule has 2 aromatic carbocycles. The highest BCUT2D eigenvalue weighted by molar-refractivity contribution is 6.34. The topological polar surface area (TPSA) is 48.0 Å². The van der Waals surface area contributed by atoms with Crippen molar-refractivity contribution >= 4 is 17.4 Å². The number of hydrogen-bond donors (Lipinski definition) is 0. The number of carbonyl (C=O) groups is 1. The molecule has 0 aromatic heterocycles. The zero-order valence-corrected chi connectivity index (χ0v) is 20.9. The summed E-state index contributed by atoms with van der Waals surface area (Å²) in [5.41, 5.74) is 1.90. The van der Waals surface area contributed by atoms with Gasteiger partial charge in [-0.05, 0) is 55.9 Å². The van der Waals surface area contributed by atoms with Crippen LogP contribution in [0.2, 0.25) is 5.02 Å². The summed E-state index contributed by atoms with van der Waals surface area (Å²) < 4.78 is 44.4. The lowest BCUT2D eigenvalue weighted by Crippen LogP contribution is -2.27. The molecule has 1 fully saturated rings. The second-order valence-corrected chi connectivity index (χ2v) is 9.06. The first-order chi connectivity index (χ1) is 16.2. The van der Waals surface area contributed by atoms with Crippen LogP contribution in [0, 0.1) is 12.7 Å². The van der Waals surface area contributed by atoms with Crippen LogP contribution < -0.4 is 14.2 Å². The number of ketones is 1. The van der Waals surface area contributed by atoms with Crippen LogP contribution in [-0.2, 0) is 0 Å². The number of alkyl halides is 1. The number of ether oxygens (including phenoxy) is 3. The van der Waals surface area contributed by atoms with E-state index in [2.05, 4.69) is 0 Å². The summed E-state index contributed by atoms with van der Waals surface area (Å²) in [5.74, 6) is 0.509. The second kappa shape index (κ2) is 11.8. The van der Waals surface area contributed by atoms with Crippen molar-refractivity contribution in [2.24, 2.45) is 0 Å². The summed E-state index contributed by atoms with van der Waals surface area (Å²) in [6.07, 6.45) is 0.348. The summed E-state index contributed by atoms with van der Waals surface area (Å²) in [7, 11) is 1.48. The highest BCUT2D eigenvalue weighted by Gasteiger charge is 2.28. The monoisotopic (exact) mass is 495 g/mol. The Labute approximate surface area is 204 Å². The van der Waals surface area contributed by atoms with Gasteiger partial charge in [-0.25, -0.2) is 8.78 Å². The smallest absolute Gasteiger partial charge is 0.205 e. The van der Waals surface area contributed by atoms with Gasteiger partial charge in [0.05, 0.1) is 24.3 Å². The Kier molecular flexibility index (Phi) is 9.14. The summed E-state index contributed by atoms with van der Waals surface area (Å²) >= 11 is 6.53. The van der Waals surface area contributed by atoms with Crippen LogP contribution in [0.1, 0.15) is 54.1 Å². The van der Waals surface area contributed by atoms with E-state index < -0.39 is 6.17 Å². The molecule has 0 N–H and O–H groups in total. The molecule has 2 aromatic rings. The highest BCUT2D eigenvalue weighted by atomic mass is 35.5. The Hall–Kier alpha value is -2.38. The van der Waals surface area contributed by atoms with Crippen molar-refractivity contribution in [3.8, 4) is 17.2 Å². The molecule has 1 aliphatic heterocycles. The number of methoxy groups -OCH3 is 1. The van der Waals surface area contributed by atoms with E-state index >= 15 is 0 Å². The van der Waals surface area contributed by atoms with E-state index in [4.69, 9.17) is 25.8 Å². The van der Waals surface area contributed by atoms with Gasteiger partial charge in [-0.1, -0.05) is 30.7 Å². The molecule has 3 rings (SSSR count). The molecule has 2 unspecified atom stereocenters. The Morgan fingerprint density at radius 1 is 1.18 bits per heavy atom. The molecule has 1 heterocycles. The van der Waals surface area contributed by atoms with Crippen LogP contribution in [0.4, 0.5) is 8.78 Å². The van der Waals surface area contributed by atoms with Crippen molar-refractivity contribution in [1.29, 1.82) is 0 Å². The van der Waals surface area contributed by atoms with Gasteiger partial charge in [0.15, 0.2) is 17.3 Å². The predicted molar refractivity (Wildman–Crippen MR) is 129 cm³/mol. The number of halogens is 3. The zero-order chi connectivity index (χ0) is 24.8. The van der Waals surface area contributed by atoms with Crippen LogP contribution in [0.15, 0.2) is 24.3 Å². The number of rotatable bonds is 11. The third kappa shape index (κ3) is 6.19.